The SMILES string of the molecule is CCCCCCCCCC/C=C\CCCCCCCCCCCCCCCCCCCCCCCCCCCC(=O)NC(COC1OC(CO)C(OC2OC(CO)C(OC3OC(CO)C(O)C(O)C3O)C(O)C2O)C(O)C1O)C(O)/C=C/CC/C=C/CCCCCCCCCCCCCCCCCCCCCCCCCCCCC. The van der Waals surface area contributed by atoms with Crippen molar-refractivity contribution < 1.29 is 89.4 Å². The number of ether oxygens (including phenoxy) is 6. The molecule has 3 fully saturated rings. The highest BCUT2D eigenvalue weighted by Gasteiger charge is 2.54. The van der Waals surface area contributed by atoms with Crippen molar-refractivity contribution in [3.05, 3.63) is 36.5 Å². The molecule has 19 heteroatoms. The molecule has 0 saturated carbocycles. The number of amides is 1. The third-order valence-electron chi connectivity index (χ3n) is 24.4. The van der Waals surface area contributed by atoms with Crippen molar-refractivity contribution in [2.45, 2.75) is 542 Å². The minimum atomic E-state index is -1.98. The van der Waals surface area contributed by atoms with Crippen LogP contribution in [0.25, 0.3) is 0 Å². The Kier molecular flexibility index (Phi) is 70.6. The van der Waals surface area contributed by atoms with Gasteiger partial charge in [-0.15, -0.1) is 0 Å². The molecule has 12 N–H and O–H groups in total. The topological polar surface area (TPSA) is 307 Å². The van der Waals surface area contributed by atoms with E-state index in [9.17, 15) is 61.0 Å². The number of unbranched alkanes of at least 4 members (excludes halogenated alkanes) is 61. The first-order valence-electron chi connectivity index (χ1n) is 48.7. The Hall–Kier alpha value is -1.99. The average molecular weight is 1640 g/mol. The maximum absolute atomic E-state index is 13.5. The van der Waals surface area contributed by atoms with Gasteiger partial charge in [0.15, 0.2) is 18.9 Å². The van der Waals surface area contributed by atoms with Crippen LogP contribution in [0.5, 0.6) is 0 Å². The number of carbonyl (C=O) groups is 1. The lowest BCUT2D eigenvalue weighted by molar-refractivity contribution is -0.379. The van der Waals surface area contributed by atoms with Crippen LogP contribution in [0.15, 0.2) is 36.5 Å². The molecule has 0 radical (unpaired) electrons. The minimum Gasteiger partial charge on any atom is -0.394 e. The Morgan fingerprint density at radius 2 is 0.557 bits per heavy atom. The minimum absolute atomic E-state index is 0.240. The summed E-state index contributed by atoms with van der Waals surface area (Å²) in [4.78, 5) is 13.5. The summed E-state index contributed by atoms with van der Waals surface area (Å²) in [7, 11) is 0. The summed E-state index contributed by atoms with van der Waals surface area (Å²) < 4.78 is 34.6. The Morgan fingerprint density at radius 1 is 0.304 bits per heavy atom. The van der Waals surface area contributed by atoms with Crippen molar-refractivity contribution in [2.24, 2.45) is 0 Å². The molecular formula is C96H181NO18. The lowest BCUT2D eigenvalue weighted by Gasteiger charge is -2.48. The lowest BCUT2D eigenvalue weighted by atomic mass is 9.96. The van der Waals surface area contributed by atoms with E-state index in [0.717, 1.165) is 38.5 Å². The fourth-order valence-electron chi connectivity index (χ4n) is 16.7. The molecule has 3 aliphatic rings. The number of allylic oxidation sites excluding steroid dienone is 5. The molecule has 0 aromatic heterocycles. The average Bonchev–Trinajstić information content (AvgIpc) is 0.779. The molecule has 17 atom stereocenters. The Bertz CT molecular complexity index is 2210. The maximum atomic E-state index is 13.5. The molecule has 0 spiro atoms. The highest BCUT2D eigenvalue weighted by molar-refractivity contribution is 5.76. The van der Waals surface area contributed by atoms with Crippen LogP contribution in [-0.2, 0) is 33.2 Å². The van der Waals surface area contributed by atoms with E-state index in [0.29, 0.717) is 12.8 Å². The summed E-state index contributed by atoms with van der Waals surface area (Å²) >= 11 is 0. The van der Waals surface area contributed by atoms with Crippen LogP contribution in [0.3, 0.4) is 0 Å². The smallest absolute Gasteiger partial charge is 0.220 e. The number of aliphatic hydroxyl groups excluding tert-OH is 11. The first-order chi connectivity index (χ1) is 56.3. The second kappa shape index (κ2) is 75.7. The maximum Gasteiger partial charge on any atom is 0.220 e. The third kappa shape index (κ3) is 53.6. The molecule has 115 heavy (non-hydrogen) atoms. The predicted molar refractivity (Wildman–Crippen MR) is 466 cm³/mol. The van der Waals surface area contributed by atoms with Gasteiger partial charge in [0.25, 0.3) is 0 Å². The van der Waals surface area contributed by atoms with Crippen molar-refractivity contribution in [3.8, 4) is 0 Å². The van der Waals surface area contributed by atoms with Crippen LogP contribution in [0, 0.1) is 0 Å². The highest BCUT2D eigenvalue weighted by Crippen LogP contribution is 2.34. The first-order valence-corrected chi connectivity index (χ1v) is 48.7. The van der Waals surface area contributed by atoms with Gasteiger partial charge in [-0.05, 0) is 57.8 Å². The zero-order valence-corrected chi connectivity index (χ0v) is 73.6. The van der Waals surface area contributed by atoms with Crippen molar-refractivity contribution in [1.29, 1.82) is 0 Å². The molecule has 3 aliphatic heterocycles. The van der Waals surface area contributed by atoms with Crippen LogP contribution in [0.2, 0.25) is 0 Å². The summed E-state index contributed by atoms with van der Waals surface area (Å²) in [5, 5.41) is 121. The molecule has 19 nitrogen and oxygen atoms in total. The van der Waals surface area contributed by atoms with Gasteiger partial charge in [0, 0.05) is 6.42 Å². The van der Waals surface area contributed by atoms with Crippen molar-refractivity contribution in [2.75, 3.05) is 26.4 Å². The van der Waals surface area contributed by atoms with Crippen molar-refractivity contribution in [1.82, 2.24) is 5.32 Å². The summed E-state index contributed by atoms with van der Waals surface area (Å²) in [6.07, 6.45) is 71.9. The van der Waals surface area contributed by atoms with Gasteiger partial charge in [-0.2, -0.15) is 0 Å². The van der Waals surface area contributed by atoms with Crippen LogP contribution in [-0.4, -0.2) is 193 Å². The molecule has 3 heterocycles. The van der Waals surface area contributed by atoms with E-state index in [2.05, 4.69) is 43.5 Å². The second-order valence-corrected chi connectivity index (χ2v) is 34.9. The fraction of sp³-hybridized carbons (Fsp3) is 0.927. The van der Waals surface area contributed by atoms with E-state index in [4.69, 9.17) is 28.4 Å². The Morgan fingerprint density at radius 3 is 0.870 bits per heavy atom. The zero-order chi connectivity index (χ0) is 83.1. The van der Waals surface area contributed by atoms with E-state index >= 15 is 0 Å². The largest absolute Gasteiger partial charge is 0.394 e. The van der Waals surface area contributed by atoms with Gasteiger partial charge >= 0.3 is 0 Å². The van der Waals surface area contributed by atoms with Crippen LogP contribution >= 0.6 is 0 Å². The summed E-state index contributed by atoms with van der Waals surface area (Å²) in [6, 6.07) is -0.991. The monoisotopic (exact) mass is 1640 g/mol. The number of hydrogen-bond acceptors (Lipinski definition) is 18. The molecule has 0 aliphatic carbocycles. The number of carbonyl (C=O) groups excluding carboxylic acids is 1. The number of rotatable bonds is 81. The van der Waals surface area contributed by atoms with Gasteiger partial charge in [-0.3, -0.25) is 4.79 Å². The third-order valence-corrected chi connectivity index (χ3v) is 24.4. The standard InChI is InChI=1S/C96H181NO18/c1-3-5-7-9-11-13-15-17-19-21-23-25-27-29-31-33-35-37-38-39-40-42-44-46-48-50-52-54-56-58-60-62-64-66-68-70-72-74-84(102)97-79(80(101)73-71-69-67-65-63-61-59-57-55-53-51-49-47-45-43-41-36-34-32-30-28-26-24-22-20-18-16-14-12-10-8-6-4-2)78-110-94-90(108)87(105)92(82(76-99)112-94)115-96-91(109)88(106)93(83(77-100)113-96)114-95-89(107)86(104)85(103)81(75-98)111-95/h21,23,63,65,71,73,79-83,85-96,98-101,103-109H,3-20,22,24-62,64,66-70,72,74-78H2,1-2H3,(H,97,102)/b23-21-,65-63+,73-71+. The molecule has 0 aromatic rings. The van der Waals surface area contributed by atoms with E-state index in [1.165, 1.54) is 366 Å². The molecule has 3 rings (SSSR count). The summed E-state index contributed by atoms with van der Waals surface area (Å²) in [6.45, 7) is 1.80. The second-order valence-electron chi connectivity index (χ2n) is 34.9. The van der Waals surface area contributed by atoms with Crippen molar-refractivity contribution in [3.63, 3.8) is 0 Å². The van der Waals surface area contributed by atoms with Gasteiger partial charge in [0.05, 0.1) is 38.6 Å². The van der Waals surface area contributed by atoms with Crippen molar-refractivity contribution >= 4 is 5.91 Å². The molecule has 1 amide bonds. The quantitative estimate of drug-likeness (QED) is 0.0199. The Balaban J connectivity index is 1.30. The normalized spacial score (nSPS) is 24.7. The van der Waals surface area contributed by atoms with E-state index in [-0.39, 0.29) is 18.9 Å². The summed E-state index contributed by atoms with van der Waals surface area (Å²) in [5.74, 6) is -0.276. The number of nitrogens with one attached hydrogen (secondary N) is 1. The lowest BCUT2D eigenvalue weighted by Crippen LogP contribution is -2.66. The first kappa shape index (κ1) is 107. The molecule has 678 valence electrons. The summed E-state index contributed by atoms with van der Waals surface area (Å²) in [5.41, 5.74) is 0. The predicted octanol–water partition coefficient (Wildman–Crippen LogP) is 19.8. The fourth-order valence-corrected chi connectivity index (χ4v) is 16.7. The number of aliphatic hydroxyl groups is 11. The van der Waals surface area contributed by atoms with Gasteiger partial charge in [-0.25, -0.2) is 0 Å². The highest BCUT2D eigenvalue weighted by atomic mass is 16.8. The number of hydrogen-bond donors (Lipinski definition) is 12. The molecule has 3 saturated heterocycles. The molecular weight excluding hydrogens is 1460 g/mol. The molecule has 17 unspecified atom stereocenters. The van der Waals surface area contributed by atoms with Gasteiger partial charge < -0.3 is 89.9 Å². The van der Waals surface area contributed by atoms with Crippen LogP contribution in [0.1, 0.15) is 438 Å². The zero-order valence-electron chi connectivity index (χ0n) is 73.6. The van der Waals surface area contributed by atoms with E-state index in [1.54, 1.807) is 6.08 Å². The molecule has 0 aromatic carbocycles. The van der Waals surface area contributed by atoms with Gasteiger partial charge in [0.2, 0.25) is 5.91 Å². The van der Waals surface area contributed by atoms with Crippen LogP contribution in [0.4, 0.5) is 0 Å². The van der Waals surface area contributed by atoms with E-state index in [1.807, 2.05) is 6.08 Å². The van der Waals surface area contributed by atoms with E-state index < -0.39 is 124 Å². The van der Waals surface area contributed by atoms with Gasteiger partial charge in [-0.1, -0.05) is 410 Å². The van der Waals surface area contributed by atoms with Gasteiger partial charge in [0.1, 0.15) is 73.2 Å². The molecule has 0 bridgehead atoms. The van der Waals surface area contributed by atoms with Crippen LogP contribution < -0.4 is 5.32 Å². The Labute approximate surface area is 701 Å².